The van der Waals surface area contributed by atoms with Gasteiger partial charge in [0, 0.05) is 36.6 Å². The van der Waals surface area contributed by atoms with E-state index in [2.05, 4.69) is 10.3 Å². The van der Waals surface area contributed by atoms with Gasteiger partial charge in [-0.25, -0.2) is 8.42 Å². The van der Waals surface area contributed by atoms with Crippen molar-refractivity contribution < 1.29 is 13.5 Å². The number of phenolic OH excluding ortho intramolecular Hbond substituents is 1. The molecule has 17 heavy (non-hydrogen) atoms. The number of fused-ring (bicyclic) bond motifs is 1. The predicted molar refractivity (Wildman–Crippen MR) is 66.1 cm³/mol. The number of sulfone groups is 1. The Morgan fingerprint density at radius 3 is 2.65 bits per heavy atom. The van der Waals surface area contributed by atoms with Crippen LogP contribution in [0.3, 0.4) is 0 Å². The third-order valence-corrected chi connectivity index (χ3v) is 3.62. The normalized spacial score (nSPS) is 11.6. The quantitative estimate of drug-likeness (QED) is 0.844. The molecule has 1 heterocycles. The van der Waals surface area contributed by atoms with Crippen LogP contribution in [0, 0.1) is 0 Å². The molecule has 1 aromatic carbocycles. The van der Waals surface area contributed by atoms with Gasteiger partial charge in [-0.15, -0.1) is 0 Å². The van der Waals surface area contributed by atoms with Crippen LogP contribution in [0.2, 0.25) is 0 Å². The lowest BCUT2D eigenvalue weighted by Gasteiger charge is -2.08. The van der Waals surface area contributed by atoms with Crippen molar-refractivity contribution in [1.29, 1.82) is 0 Å². The van der Waals surface area contributed by atoms with Gasteiger partial charge in [-0.3, -0.25) is 4.98 Å². The first kappa shape index (κ1) is 11.7. The smallest absolute Gasteiger partial charge is 0.179 e. The SMILES string of the molecule is CNc1ccnc2cc(O)c(S(C)(=O)=O)cc12. The molecular weight excluding hydrogens is 240 g/mol. The van der Waals surface area contributed by atoms with Gasteiger partial charge in [0.15, 0.2) is 9.84 Å². The second-order valence-electron chi connectivity index (χ2n) is 3.72. The number of rotatable bonds is 2. The number of anilines is 1. The van der Waals surface area contributed by atoms with E-state index in [1.165, 1.54) is 12.1 Å². The van der Waals surface area contributed by atoms with Crippen LogP contribution in [-0.4, -0.2) is 31.8 Å². The van der Waals surface area contributed by atoms with Crippen LogP contribution in [0.1, 0.15) is 0 Å². The van der Waals surface area contributed by atoms with Gasteiger partial charge >= 0.3 is 0 Å². The molecule has 2 N–H and O–H groups in total. The first-order chi connectivity index (χ1) is 7.93. The standard InChI is InChI=1S/C11H12N2O3S/c1-12-8-3-4-13-9-6-10(14)11(5-7(8)9)17(2,15)16/h3-6,14H,1-2H3,(H,12,13). The van der Waals surface area contributed by atoms with E-state index in [0.717, 1.165) is 11.9 Å². The molecule has 2 rings (SSSR count). The van der Waals surface area contributed by atoms with Crippen molar-refractivity contribution in [3.8, 4) is 5.75 Å². The minimum absolute atomic E-state index is 0.0884. The Morgan fingerprint density at radius 2 is 2.06 bits per heavy atom. The first-order valence-electron chi connectivity index (χ1n) is 4.93. The predicted octanol–water partition coefficient (Wildman–Crippen LogP) is 1.39. The molecule has 5 nitrogen and oxygen atoms in total. The van der Waals surface area contributed by atoms with Gasteiger partial charge in [0.25, 0.3) is 0 Å². The van der Waals surface area contributed by atoms with Crippen LogP contribution in [-0.2, 0) is 9.84 Å². The summed E-state index contributed by atoms with van der Waals surface area (Å²) in [7, 11) is -1.72. The summed E-state index contributed by atoms with van der Waals surface area (Å²) < 4.78 is 23.0. The molecule has 0 amide bonds. The molecule has 0 aliphatic rings. The van der Waals surface area contributed by atoms with Crippen molar-refractivity contribution in [3.05, 3.63) is 24.4 Å². The van der Waals surface area contributed by atoms with Crippen molar-refractivity contribution in [3.63, 3.8) is 0 Å². The van der Waals surface area contributed by atoms with Crippen LogP contribution in [0.25, 0.3) is 10.9 Å². The number of benzene rings is 1. The summed E-state index contributed by atoms with van der Waals surface area (Å²) in [6.07, 6.45) is 2.65. The third-order valence-electron chi connectivity index (χ3n) is 2.49. The minimum Gasteiger partial charge on any atom is -0.507 e. The molecule has 6 heteroatoms. The Kier molecular flexibility index (Phi) is 2.66. The number of hydrogen-bond acceptors (Lipinski definition) is 5. The highest BCUT2D eigenvalue weighted by atomic mass is 32.2. The van der Waals surface area contributed by atoms with Crippen LogP contribution >= 0.6 is 0 Å². The summed E-state index contributed by atoms with van der Waals surface area (Å²) in [5, 5.41) is 13.3. The van der Waals surface area contributed by atoms with Crippen LogP contribution in [0.5, 0.6) is 5.75 Å². The van der Waals surface area contributed by atoms with Gasteiger partial charge < -0.3 is 10.4 Å². The average molecular weight is 252 g/mol. The maximum absolute atomic E-state index is 11.5. The van der Waals surface area contributed by atoms with E-state index in [1.54, 1.807) is 19.3 Å². The number of nitrogens with one attached hydrogen (secondary N) is 1. The lowest BCUT2D eigenvalue weighted by molar-refractivity contribution is 0.460. The van der Waals surface area contributed by atoms with Gasteiger partial charge in [0.05, 0.1) is 5.52 Å². The molecule has 1 aromatic heterocycles. The largest absolute Gasteiger partial charge is 0.507 e. The molecule has 2 aromatic rings. The molecule has 0 aliphatic carbocycles. The number of pyridine rings is 1. The molecule has 0 saturated carbocycles. The Hall–Kier alpha value is -1.82. The molecule has 0 aliphatic heterocycles. The van der Waals surface area contributed by atoms with E-state index in [-0.39, 0.29) is 10.6 Å². The number of phenols is 1. The zero-order valence-electron chi connectivity index (χ0n) is 9.43. The van der Waals surface area contributed by atoms with Crippen LogP contribution in [0.4, 0.5) is 5.69 Å². The molecule has 0 unspecified atom stereocenters. The molecule has 0 atom stereocenters. The Labute approximate surface area is 99.0 Å². The number of aromatic hydroxyl groups is 1. The van der Waals surface area contributed by atoms with Gasteiger partial charge in [-0.05, 0) is 12.1 Å². The number of hydrogen-bond donors (Lipinski definition) is 2. The monoisotopic (exact) mass is 252 g/mol. The molecule has 0 saturated heterocycles. The Balaban J connectivity index is 2.87. The maximum atomic E-state index is 11.5. The topological polar surface area (TPSA) is 79.3 Å². The first-order valence-corrected chi connectivity index (χ1v) is 6.82. The van der Waals surface area contributed by atoms with Crippen molar-refractivity contribution in [2.24, 2.45) is 0 Å². The van der Waals surface area contributed by atoms with E-state index in [9.17, 15) is 13.5 Å². The van der Waals surface area contributed by atoms with E-state index in [4.69, 9.17) is 0 Å². The lowest BCUT2D eigenvalue weighted by Crippen LogP contribution is -1.99. The van der Waals surface area contributed by atoms with E-state index in [0.29, 0.717) is 10.9 Å². The number of aromatic nitrogens is 1. The van der Waals surface area contributed by atoms with Crippen molar-refractivity contribution >= 4 is 26.4 Å². The van der Waals surface area contributed by atoms with Crippen LogP contribution < -0.4 is 5.32 Å². The molecule has 0 bridgehead atoms. The Bertz CT molecular complexity index is 680. The van der Waals surface area contributed by atoms with Crippen LogP contribution in [0.15, 0.2) is 29.3 Å². The van der Waals surface area contributed by atoms with Gasteiger partial charge in [0.2, 0.25) is 0 Å². The van der Waals surface area contributed by atoms with E-state index >= 15 is 0 Å². The summed E-state index contributed by atoms with van der Waals surface area (Å²) in [5.74, 6) is -0.277. The van der Waals surface area contributed by atoms with Crippen molar-refractivity contribution in [1.82, 2.24) is 4.98 Å². The summed E-state index contributed by atoms with van der Waals surface area (Å²) in [6.45, 7) is 0. The molecule has 0 fully saturated rings. The van der Waals surface area contributed by atoms with Crippen molar-refractivity contribution in [2.45, 2.75) is 4.90 Å². The molecule has 0 spiro atoms. The summed E-state index contributed by atoms with van der Waals surface area (Å²) >= 11 is 0. The minimum atomic E-state index is -3.46. The van der Waals surface area contributed by atoms with Gasteiger partial charge in [0.1, 0.15) is 10.6 Å². The molecule has 0 radical (unpaired) electrons. The second-order valence-corrected chi connectivity index (χ2v) is 5.70. The summed E-state index contributed by atoms with van der Waals surface area (Å²) in [4.78, 5) is 3.99. The van der Waals surface area contributed by atoms with E-state index < -0.39 is 9.84 Å². The third kappa shape index (κ3) is 2.03. The van der Waals surface area contributed by atoms with Crippen molar-refractivity contribution in [2.75, 3.05) is 18.6 Å². The van der Waals surface area contributed by atoms with Gasteiger partial charge in [-0.2, -0.15) is 0 Å². The fraction of sp³-hybridized carbons (Fsp3) is 0.182. The molecule has 90 valence electrons. The highest BCUT2D eigenvalue weighted by molar-refractivity contribution is 7.90. The zero-order valence-corrected chi connectivity index (χ0v) is 10.2. The van der Waals surface area contributed by atoms with Gasteiger partial charge in [-0.1, -0.05) is 0 Å². The summed E-state index contributed by atoms with van der Waals surface area (Å²) in [5.41, 5.74) is 1.31. The lowest BCUT2D eigenvalue weighted by atomic mass is 10.2. The fourth-order valence-electron chi connectivity index (χ4n) is 1.68. The number of nitrogens with zero attached hydrogens (tertiary/aromatic N) is 1. The molecular formula is C11H12N2O3S. The average Bonchev–Trinajstić information content (AvgIpc) is 2.25. The second kappa shape index (κ2) is 3.89. The highest BCUT2D eigenvalue weighted by Crippen LogP contribution is 2.31. The zero-order chi connectivity index (χ0) is 12.6. The Morgan fingerprint density at radius 1 is 1.35 bits per heavy atom. The highest BCUT2D eigenvalue weighted by Gasteiger charge is 2.15. The fourth-order valence-corrected chi connectivity index (χ4v) is 2.45. The van der Waals surface area contributed by atoms with E-state index in [1.807, 2.05) is 0 Å². The maximum Gasteiger partial charge on any atom is 0.179 e. The summed E-state index contributed by atoms with van der Waals surface area (Å²) in [6, 6.07) is 4.52.